The zero-order chi connectivity index (χ0) is 17.3. The highest BCUT2D eigenvalue weighted by molar-refractivity contribution is 7.92. The molecule has 6 heteroatoms. The second-order valence-corrected chi connectivity index (χ2v) is 7.60. The van der Waals surface area contributed by atoms with Crippen LogP contribution in [-0.4, -0.2) is 21.3 Å². The summed E-state index contributed by atoms with van der Waals surface area (Å²) >= 11 is 0. The summed E-state index contributed by atoms with van der Waals surface area (Å²) in [5.41, 5.74) is 1.65. The molecule has 0 atom stereocenters. The van der Waals surface area contributed by atoms with Crippen molar-refractivity contribution in [2.45, 2.75) is 24.7 Å². The van der Waals surface area contributed by atoms with Crippen LogP contribution in [0.25, 0.3) is 0 Å². The number of Topliss-reactive ketones (excluding diaryl/α,β-unsaturated/α-hetero) is 1. The molecule has 5 nitrogen and oxygen atoms in total. The number of anilines is 1. The van der Waals surface area contributed by atoms with E-state index in [4.69, 9.17) is 4.74 Å². The zero-order valence-electron chi connectivity index (χ0n) is 13.6. The molecule has 0 saturated heterocycles. The molecule has 1 N–H and O–H groups in total. The first-order valence-corrected chi connectivity index (χ1v) is 9.21. The summed E-state index contributed by atoms with van der Waals surface area (Å²) in [5.74, 6) is 0.888. The van der Waals surface area contributed by atoms with Crippen LogP contribution in [-0.2, 0) is 10.0 Å². The fourth-order valence-corrected chi connectivity index (χ4v) is 3.83. The van der Waals surface area contributed by atoms with Crippen molar-refractivity contribution >= 4 is 21.5 Å². The number of ketones is 1. The van der Waals surface area contributed by atoms with Gasteiger partial charge < -0.3 is 4.74 Å². The maximum Gasteiger partial charge on any atom is 0.262 e. The lowest BCUT2D eigenvalue weighted by molar-refractivity contribution is 0.0967. The Kier molecular flexibility index (Phi) is 4.32. The molecule has 2 aromatic carbocycles. The molecule has 1 aliphatic rings. The minimum absolute atomic E-state index is 0.135. The van der Waals surface area contributed by atoms with Gasteiger partial charge >= 0.3 is 0 Å². The number of carbonyl (C=O) groups excluding carboxylic acids is 1. The van der Waals surface area contributed by atoms with Gasteiger partial charge in [-0.25, -0.2) is 8.42 Å². The van der Waals surface area contributed by atoms with Gasteiger partial charge in [0, 0.05) is 17.2 Å². The first-order valence-electron chi connectivity index (χ1n) is 7.72. The van der Waals surface area contributed by atoms with Crippen molar-refractivity contribution in [2.24, 2.45) is 5.92 Å². The van der Waals surface area contributed by atoms with Crippen LogP contribution in [0.5, 0.6) is 5.75 Å². The van der Waals surface area contributed by atoms with E-state index in [9.17, 15) is 13.2 Å². The van der Waals surface area contributed by atoms with Gasteiger partial charge in [0.1, 0.15) is 5.75 Å². The second-order valence-electron chi connectivity index (χ2n) is 5.95. The van der Waals surface area contributed by atoms with Gasteiger partial charge in [-0.2, -0.15) is 0 Å². The highest BCUT2D eigenvalue weighted by atomic mass is 32.2. The maximum atomic E-state index is 12.5. The fraction of sp³-hybridized carbons (Fsp3) is 0.278. The fourth-order valence-electron chi connectivity index (χ4n) is 2.54. The topological polar surface area (TPSA) is 72.5 Å². The number of carbonyl (C=O) groups is 1. The van der Waals surface area contributed by atoms with Crippen molar-refractivity contribution in [3.05, 3.63) is 53.6 Å². The number of benzene rings is 2. The first kappa shape index (κ1) is 16.5. The summed E-state index contributed by atoms with van der Waals surface area (Å²) < 4.78 is 32.7. The zero-order valence-corrected chi connectivity index (χ0v) is 14.4. The van der Waals surface area contributed by atoms with E-state index in [1.54, 1.807) is 43.3 Å². The lowest BCUT2D eigenvalue weighted by atomic mass is 10.1. The smallest absolute Gasteiger partial charge is 0.262 e. The van der Waals surface area contributed by atoms with Crippen LogP contribution >= 0.6 is 0 Å². The van der Waals surface area contributed by atoms with Crippen LogP contribution < -0.4 is 9.46 Å². The van der Waals surface area contributed by atoms with Crippen LogP contribution in [0.4, 0.5) is 5.69 Å². The van der Waals surface area contributed by atoms with Gasteiger partial charge in [0.05, 0.1) is 12.0 Å². The third-order valence-corrected chi connectivity index (χ3v) is 5.58. The number of hydrogen-bond donors (Lipinski definition) is 1. The average molecular weight is 345 g/mol. The molecule has 0 bridgehead atoms. The van der Waals surface area contributed by atoms with Crippen molar-refractivity contribution in [3.8, 4) is 5.75 Å². The SMILES string of the molecule is COc1ccc(S(=O)(=O)Nc2ccc(C(=O)C3CC3)cc2)c(C)c1. The summed E-state index contributed by atoms with van der Waals surface area (Å²) in [6.07, 6.45) is 1.90. The molecule has 24 heavy (non-hydrogen) atoms. The summed E-state index contributed by atoms with van der Waals surface area (Å²) in [5, 5.41) is 0. The monoisotopic (exact) mass is 345 g/mol. The van der Waals surface area contributed by atoms with Gasteiger partial charge in [0.15, 0.2) is 5.78 Å². The van der Waals surface area contributed by atoms with Crippen LogP contribution in [0.15, 0.2) is 47.4 Å². The average Bonchev–Trinajstić information content (AvgIpc) is 3.39. The Hall–Kier alpha value is -2.34. The van der Waals surface area contributed by atoms with Crippen LogP contribution in [0.1, 0.15) is 28.8 Å². The molecule has 126 valence electrons. The molecule has 0 heterocycles. The number of hydrogen-bond acceptors (Lipinski definition) is 4. The molecule has 0 radical (unpaired) electrons. The Bertz CT molecular complexity index is 868. The van der Waals surface area contributed by atoms with E-state index in [-0.39, 0.29) is 16.6 Å². The van der Waals surface area contributed by atoms with Crippen LogP contribution in [0.2, 0.25) is 0 Å². The molecular formula is C18H19NO4S. The summed E-state index contributed by atoms with van der Waals surface area (Å²) in [4.78, 5) is 12.2. The number of aryl methyl sites for hydroxylation is 1. The Labute approximate surface area is 141 Å². The molecule has 0 unspecified atom stereocenters. The largest absolute Gasteiger partial charge is 0.497 e. The van der Waals surface area contributed by atoms with E-state index >= 15 is 0 Å². The van der Waals surface area contributed by atoms with Crippen molar-refractivity contribution in [1.29, 1.82) is 0 Å². The maximum absolute atomic E-state index is 12.5. The lowest BCUT2D eigenvalue weighted by Crippen LogP contribution is -2.14. The predicted molar refractivity (Wildman–Crippen MR) is 92.0 cm³/mol. The van der Waals surface area contributed by atoms with E-state index in [1.807, 2.05) is 0 Å². The summed E-state index contributed by atoms with van der Waals surface area (Å²) in [6, 6.07) is 11.4. The quantitative estimate of drug-likeness (QED) is 0.815. The highest BCUT2D eigenvalue weighted by Crippen LogP contribution is 2.33. The third kappa shape index (κ3) is 3.43. The molecule has 0 aliphatic heterocycles. The minimum Gasteiger partial charge on any atom is -0.497 e. The highest BCUT2D eigenvalue weighted by Gasteiger charge is 2.30. The Morgan fingerprint density at radius 1 is 1.12 bits per heavy atom. The minimum atomic E-state index is -3.70. The molecule has 0 amide bonds. The van der Waals surface area contributed by atoms with Gasteiger partial charge in [-0.1, -0.05) is 0 Å². The molecule has 1 fully saturated rings. The predicted octanol–water partition coefficient (Wildman–Crippen LogP) is 3.40. The lowest BCUT2D eigenvalue weighted by Gasteiger charge is -2.12. The molecular weight excluding hydrogens is 326 g/mol. The Balaban J connectivity index is 1.80. The first-order chi connectivity index (χ1) is 11.4. The van der Waals surface area contributed by atoms with Crippen molar-refractivity contribution < 1.29 is 17.9 Å². The second kappa shape index (κ2) is 6.28. The Morgan fingerprint density at radius 3 is 2.33 bits per heavy atom. The van der Waals surface area contributed by atoms with Crippen molar-refractivity contribution in [2.75, 3.05) is 11.8 Å². The third-order valence-electron chi connectivity index (χ3n) is 4.04. The molecule has 3 rings (SSSR count). The van der Waals surface area contributed by atoms with Gasteiger partial charge in [0.25, 0.3) is 10.0 Å². The number of rotatable bonds is 6. The molecule has 0 spiro atoms. The van der Waals surface area contributed by atoms with Crippen LogP contribution in [0, 0.1) is 12.8 Å². The van der Waals surface area contributed by atoms with Gasteiger partial charge in [-0.15, -0.1) is 0 Å². The number of sulfonamides is 1. The summed E-state index contributed by atoms with van der Waals surface area (Å²) in [7, 11) is -2.16. The van der Waals surface area contributed by atoms with Gasteiger partial charge in [-0.3, -0.25) is 9.52 Å². The summed E-state index contributed by atoms with van der Waals surface area (Å²) in [6.45, 7) is 1.72. The van der Waals surface area contributed by atoms with Crippen molar-refractivity contribution in [1.82, 2.24) is 0 Å². The number of ether oxygens (including phenoxy) is 1. The van der Waals surface area contributed by atoms with Crippen LogP contribution in [0.3, 0.4) is 0 Å². The Morgan fingerprint density at radius 2 is 1.79 bits per heavy atom. The molecule has 2 aromatic rings. The molecule has 1 aliphatic carbocycles. The van der Waals surface area contributed by atoms with E-state index in [0.717, 1.165) is 12.8 Å². The number of methoxy groups -OCH3 is 1. The van der Waals surface area contributed by atoms with E-state index < -0.39 is 10.0 Å². The standard InChI is InChI=1S/C18H19NO4S/c1-12-11-16(23-2)9-10-17(12)24(21,22)19-15-7-5-14(6-8-15)18(20)13-3-4-13/h5-11,13,19H,3-4H2,1-2H3. The van der Waals surface area contributed by atoms with Gasteiger partial charge in [0.2, 0.25) is 0 Å². The van der Waals surface area contributed by atoms with Crippen molar-refractivity contribution in [3.63, 3.8) is 0 Å². The van der Waals surface area contributed by atoms with E-state index in [2.05, 4.69) is 4.72 Å². The number of nitrogens with one attached hydrogen (secondary N) is 1. The van der Waals surface area contributed by atoms with E-state index in [0.29, 0.717) is 22.6 Å². The van der Waals surface area contributed by atoms with E-state index in [1.165, 1.54) is 13.2 Å². The normalized spacial score (nSPS) is 14.2. The molecule has 1 saturated carbocycles. The van der Waals surface area contributed by atoms with Gasteiger partial charge in [-0.05, 0) is 67.8 Å². The molecule has 0 aromatic heterocycles.